The Morgan fingerprint density at radius 1 is 1.20 bits per heavy atom. The Morgan fingerprint density at radius 2 is 1.60 bits per heavy atom. The summed E-state index contributed by atoms with van der Waals surface area (Å²) in [5, 5.41) is 0. The summed E-state index contributed by atoms with van der Waals surface area (Å²) in [5.41, 5.74) is 0. The van der Waals surface area contributed by atoms with Gasteiger partial charge in [0.1, 0.15) is 0 Å². The monoisotopic (exact) mass is 232 g/mol. The van der Waals surface area contributed by atoms with Crippen molar-refractivity contribution >= 4 is 9.84 Å². The minimum atomic E-state index is -2.86. The molecule has 2 aliphatic rings. The van der Waals surface area contributed by atoms with Gasteiger partial charge in [0.05, 0.1) is 11.9 Å². The van der Waals surface area contributed by atoms with Crippen LogP contribution in [-0.4, -0.2) is 61.1 Å². The molecule has 2 saturated heterocycles. The van der Waals surface area contributed by atoms with Crippen LogP contribution in [0.4, 0.5) is 0 Å². The molecule has 4 nitrogen and oxygen atoms in total. The first kappa shape index (κ1) is 11.4. The van der Waals surface area contributed by atoms with Crippen molar-refractivity contribution in [2.75, 3.05) is 24.6 Å². The lowest BCUT2D eigenvalue weighted by Crippen LogP contribution is -2.37. The van der Waals surface area contributed by atoms with E-state index in [0.29, 0.717) is 17.8 Å². The first-order valence-electron chi connectivity index (χ1n) is 5.66. The molecule has 2 heterocycles. The quantitative estimate of drug-likeness (QED) is 0.633. The van der Waals surface area contributed by atoms with Crippen molar-refractivity contribution in [3.05, 3.63) is 0 Å². The highest BCUT2D eigenvalue weighted by Crippen LogP contribution is 2.31. The SMILES string of the molecule is CCS(=O)(=O)CC(N1CC1C)N1CC1C. The summed E-state index contributed by atoms with van der Waals surface area (Å²) in [6.45, 7) is 8.13. The average molecular weight is 232 g/mol. The number of hydrogen-bond acceptors (Lipinski definition) is 4. The molecule has 0 aromatic carbocycles. The lowest BCUT2D eigenvalue weighted by molar-refractivity contribution is 0.246. The Labute approximate surface area is 92.2 Å². The predicted octanol–water partition coefficient (Wildman–Crippen LogP) is 0.155. The molecule has 0 spiro atoms. The Morgan fingerprint density at radius 3 is 1.87 bits per heavy atom. The van der Waals surface area contributed by atoms with E-state index in [1.807, 2.05) is 0 Å². The molecule has 0 aliphatic carbocycles. The lowest BCUT2D eigenvalue weighted by atomic mass is 10.5. The molecule has 2 fully saturated rings. The van der Waals surface area contributed by atoms with Crippen LogP contribution in [-0.2, 0) is 9.84 Å². The van der Waals surface area contributed by atoms with E-state index >= 15 is 0 Å². The maximum atomic E-state index is 11.6. The summed E-state index contributed by atoms with van der Waals surface area (Å²) in [6, 6.07) is 1.13. The highest BCUT2D eigenvalue weighted by atomic mass is 32.2. The van der Waals surface area contributed by atoms with Gasteiger partial charge < -0.3 is 0 Å². The van der Waals surface area contributed by atoms with Gasteiger partial charge in [-0.25, -0.2) is 8.42 Å². The molecule has 2 rings (SSSR count). The van der Waals surface area contributed by atoms with Gasteiger partial charge in [0.25, 0.3) is 0 Å². The summed E-state index contributed by atoms with van der Waals surface area (Å²) in [5.74, 6) is 0.562. The molecule has 0 saturated carbocycles. The summed E-state index contributed by atoms with van der Waals surface area (Å²) < 4.78 is 23.3. The fourth-order valence-corrected chi connectivity index (χ4v) is 3.15. The van der Waals surface area contributed by atoms with Gasteiger partial charge >= 0.3 is 0 Å². The third kappa shape index (κ3) is 2.52. The van der Waals surface area contributed by atoms with Gasteiger partial charge in [-0.15, -0.1) is 0 Å². The second-order valence-electron chi connectivity index (χ2n) is 4.77. The van der Waals surface area contributed by atoms with Crippen LogP contribution in [0.1, 0.15) is 20.8 Å². The van der Waals surface area contributed by atoms with E-state index in [9.17, 15) is 8.42 Å². The second kappa shape index (κ2) is 3.71. The maximum absolute atomic E-state index is 11.6. The van der Waals surface area contributed by atoms with Gasteiger partial charge in [0, 0.05) is 30.9 Å². The van der Waals surface area contributed by atoms with Crippen LogP contribution in [0.15, 0.2) is 0 Å². The molecule has 88 valence electrons. The third-order valence-corrected chi connectivity index (χ3v) is 5.11. The van der Waals surface area contributed by atoms with Crippen LogP contribution in [0.5, 0.6) is 0 Å². The van der Waals surface area contributed by atoms with Crippen molar-refractivity contribution in [3.63, 3.8) is 0 Å². The molecule has 15 heavy (non-hydrogen) atoms. The first-order valence-corrected chi connectivity index (χ1v) is 7.48. The summed E-state index contributed by atoms with van der Waals surface area (Å²) in [7, 11) is -2.86. The van der Waals surface area contributed by atoms with E-state index in [4.69, 9.17) is 0 Å². The van der Waals surface area contributed by atoms with Gasteiger partial charge in [0.2, 0.25) is 0 Å². The molecule has 4 unspecified atom stereocenters. The largest absolute Gasteiger partial charge is 0.281 e. The smallest absolute Gasteiger partial charge is 0.152 e. The minimum absolute atomic E-state index is 0.139. The number of sulfone groups is 1. The lowest BCUT2D eigenvalue weighted by Gasteiger charge is -2.20. The van der Waals surface area contributed by atoms with Gasteiger partial charge in [-0.1, -0.05) is 6.92 Å². The Kier molecular flexibility index (Phi) is 2.81. The fraction of sp³-hybridized carbons (Fsp3) is 1.00. The molecule has 2 aliphatic heterocycles. The Balaban J connectivity index is 2.00. The van der Waals surface area contributed by atoms with E-state index in [1.54, 1.807) is 6.92 Å². The van der Waals surface area contributed by atoms with Gasteiger partial charge in [-0.2, -0.15) is 0 Å². The van der Waals surface area contributed by atoms with E-state index in [-0.39, 0.29) is 11.9 Å². The van der Waals surface area contributed by atoms with Crippen molar-refractivity contribution in [3.8, 4) is 0 Å². The second-order valence-corrected chi connectivity index (χ2v) is 7.17. The molecule has 5 heteroatoms. The summed E-state index contributed by atoms with van der Waals surface area (Å²) >= 11 is 0. The van der Waals surface area contributed by atoms with Crippen LogP contribution < -0.4 is 0 Å². The van der Waals surface area contributed by atoms with Crippen LogP contribution in [0.2, 0.25) is 0 Å². The standard InChI is InChI=1S/C10H20N2O2S/c1-4-15(13,14)7-10(11-5-8(11)2)12-6-9(12)3/h8-10H,4-7H2,1-3H3. The Hall–Kier alpha value is -0.130. The topological polar surface area (TPSA) is 40.2 Å². The van der Waals surface area contributed by atoms with Crippen LogP contribution in [0.3, 0.4) is 0 Å². The number of rotatable bonds is 5. The zero-order chi connectivity index (χ0) is 11.2. The number of nitrogens with zero attached hydrogens (tertiary/aromatic N) is 2. The van der Waals surface area contributed by atoms with Crippen molar-refractivity contribution < 1.29 is 8.42 Å². The van der Waals surface area contributed by atoms with Crippen molar-refractivity contribution in [2.24, 2.45) is 0 Å². The van der Waals surface area contributed by atoms with E-state index in [1.165, 1.54) is 0 Å². The van der Waals surface area contributed by atoms with Crippen LogP contribution in [0, 0.1) is 0 Å². The van der Waals surface area contributed by atoms with Crippen molar-refractivity contribution in [1.29, 1.82) is 0 Å². The van der Waals surface area contributed by atoms with E-state index in [0.717, 1.165) is 13.1 Å². The van der Waals surface area contributed by atoms with Crippen LogP contribution >= 0.6 is 0 Å². The van der Waals surface area contributed by atoms with Gasteiger partial charge in [-0.05, 0) is 13.8 Å². The highest BCUT2D eigenvalue weighted by Gasteiger charge is 2.47. The van der Waals surface area contributed by atoms with Gasteiger partial charge in [0.15, 0.2) is 9.84 Å². The molecule has 0 N–H and O–H groups in total. The molecule has 0 amide bonds. The minimum Gasteiger partial charge on any atom is -0.281 e. The molecule has 0 radical (unpaired) electrons. The van der Waals surface area contributed by atoms with E-state index < -0.39 is 9.84 Å². The Bertz CT molecular complexity index is 325. The predicted molar refractivity (Wildman–Crippen MR) is 60.5 cm³/mol. The van der Waals surface area contributed by atoms with Gasteiger partial charge in [-0.3, -0.25) is 9.80 Å². The normalized spacial score (nSPS) is 41.3. The van der Waals surface area contributed by atoms with E-state index in [2.05, 4.69) is 23.6 Å². The molecular formula is C10H20N2O2S. The maximum Gasteiger partial charge on any atom is 0.152 e. The fourth-order valence-electron chi connectivity index (χ4n) is 2.07. The molecule has 0 aromatic rings. The highest BCUT2D eigenvalue weighted by molar-refractivity contribution is 7.91. The molecule has 0 aromatic heterocycles. The zero-order valence-electron chi connectivity index (χ0n) is 9.68. The van der Waals surface area contributed by atoms with Crippen molar-refractivity contribution in [2.45, 2.75) is 39.0 Å². The third-order valence-electron chi connectivity index (χ3n) is 3.42. The first-order chi connectivity index (χ1) is 6.94. The average Bonchev–Trinajstić information content (AvgIpc) is 3.03. The summed E-state index contributed by atoms with van der Waals surface area (Å²) in [6.07, 6.45) is 0.139. The molecule has 4 atom stereocenters. The zero-order valence-corrected chi connectivity index (χ0v) is 10.5. The summed E-state index contributed by atoms with van der Waals surface area (Å²) in [4.78, 5) is 4.55. The van der Waals surface area contributed by atoms with Crippen molar-refractivity contribution in [1.82, 2.24) is 9.80 Å². The molecule has 0 bridgehead atoms. The molecular weight excluding hydrogens is 212 g/mol. The number of hydrogen-bond donors (Lipinski definition) is 0. The van der Waals surface area contributed by atoms with Crippen LogP contribution in [0.25, 0.3) is 0 Å².